The Balaban J connectivity index is 1.40. The van der Waals surface area contributed by atoms with Crippen LogP contribution in [-0.2, 0) is 13.2 Å². The summed E-state index contributed by atoms with van der Waals surface area (Å²) in [7, 11) is 0. The predicted molar refractivity (Wildman–Crippen MR) is 143 cm³/mol. The van der Waals surface area contributed by atoms with E-state index in [1.807, 2.05) is 54.9 Å². The molecule has 3 aromatic heterocycles. The Morgan fingerprint density at radius 3 is 2.57 bits per heavy atom. The van der Waals surface area contributed by atoms with E-state index in [1.165, 1.54) is 6.07 Å². The Labute approximate surface area is 223 Å². The lowest BCUT2D eigenvalue weighted by Gasteiger charge is -2.11. The highest BCUT2D eigenvalue weighted by atomic mass is 35.5. The highest BCUT2D eigenvalue weighted by Crippen LogP contribution is 2.39. The van der Waals surface area contributed by atoms with Crippen molar-refractivity contribution in [2.45, 2.75) is 32.9 Å². The molecule has 0 atom stereocenters. The molecule has 0 aliphatic rings. The number of benzene rings is 2. The Kier molecular flexibility index (Phi) is 6.91. The summed E-state index contributed by atoms with van der Waals surface area (Å²) >= 11 is 12.9. The van der Waals surface area contributed by atoms with Gasteiger partial charge in [0.1, 0.15) is 29.5 Å². The molecule has 0 saturated carbocycles. The van der Waals surface area contributed by atoms with Gasteiger partial charge in [-0.05, 0) is 48.5 Å². The topological polar surface area (TPSA) is 90.4 Å². The third-order valence-corrected chi connectivity index (χ3v) is 6.66. The lowest BCUT2D eigenvalue weighted by Crippen LogP contribution is -2.05. The Morgan fingerprint density at radius 2 is 1.84 bits per heavy atom. The fourth-order valence-electron chi connectivity index (χ4n) is 4.26. The summed E-state index contributed by atoms with van der Waals surface area (Å²) in [5, 5.41) is 15.4. The van der Waals surface area contributed by atoms with Crippen molar-refractivity contribution in [1.82, 2.24) is 14.7 Å². The van der Waals surface area contributed by atoms with E-state index in [9.17, 15) is 9.90 Å². The van der Waals surface area contributed by atoms with Crippen LogP contribution in [0.1, 0.15) is 47.3 Å². The fourth-order valence-corrected chi connectivity index (χ4v) is 4.83. The van der Waals surface area contributed by atoms with Gasteiger partial charge >= 0.3 is 5.97 Å². The number of fused-ring (bicyclic) bond motifs is 1. The first-order chi connectivity index (χ1) is 17.8. The maximum absolute atomic E-state index is 11.2. The summed E-state index contributed by atoms with van der Waals surface area (Å²) in [6.07, 6.45) is 1.94. The monoisotopic (exact) mass is 535 g/mol. The number of aromatic nitrogens is 3. The molecule has 1 N–H and O–H groups in total. The summed E-state index contributed by atoms with van der Waals surface area (Å²) < 4.78 is 13.9. The second kappa shape index (κ2) is 10.3. The molecule has 0 saturated heterocycles. The first-order valence-corrected chi connectivity index (χ1v) is 12.4. The molecule has 0 aliphatic heterocycles. The van der Waals surface area contributed by atoms with Gasteiger partial charge in [-0.1, -0.05) is 54.3 Å². The molecule has 0 aliphatic carbocycles. The number of hydrogen-bond donors (Lipinski definition) is 1. The van der Waals surface area contributed by atoms with Crippen molar-refractivity contribution in [1.29, 1.82) is 0 Å². The molecule has 2 aromatic carbocycles. The Bertz CT molecular complexity index is 1590. The summed E-state index contributed by atoms with van der Waals surface area (Å²) in [6, 6.07) is 18.1. The molecule has 3 heterocycles. The second-order valence-corrected chi connectivity index (χ2v) is 9.71. The minimum absolute atomic E-state index is 0.0246. The van der Waals surface area contributed by atoms with E-state index in [1.54, 1.807) is 24.3 Å². The highest BCUT2D eigenvalue weighted by molar-refractivity contribution is 6.39. The quantitative estimate of drug-likeness (QED) is 0.222. The second-order valence-electron chi connectivity index (χ2n) is 8.90. The van der Waals surface area contributed by atoms with Crippen molar-refractivity contribution >= 4 is 40.1 Å². The number of carbonyl (C=O) groups is 1. The zero-order valence-electron chi connectivity index (χ0n) is 20.1. The van der Waals surface area contributed by atoms with E-state index in [-0.39, 0.29) is 18.2 Å². The number of carboxylic acid groups (broad SMARTS) is 1. The van der Waals surface area contributed by atoms with E-state index in [0.717, 1.165) is 16.5 Å². The van der Waals surface area contributed by atoms with Gasteiger partial charge in [-0.15, -0.1) is 0 Å². The van der Waals surface area contributed by atoms with Gasteiger partial charge in [0, 0.05) is 28.6 Å². The number of nitrogens with zero attached hydrogens (tertiary/aromatic N) is 3. The number of halogens is 2. The first kappa shape index (κ1) is 24.9. The van der Waals surface area contributed by atoms with Crippen LogP contribution in [0.5, 0.6) is 5.75 Å². The van der Waals surface area contributed by atoms with E-state index in [2.05, 4.69) is 10.1 Å². The van der Waals surface area contributed by atoms with Crippen molar-refractivity contribution < 1.29 is 19.2 Å². The maximum Gasteiger partial charge on any atom is 0.354 e. The molecule has 0 spiro atoms. The zero-order valence-corrected chi connectivity index (χ0v) is 21.6. The summed E-state index contributed by atoms with van der Waals surface area (Å²) in [6.45, 7) is 4.73. The SMILES string of the molecule is CC(C)c1onc(-c2c(Cl)cccc2Cl)c1COc1ccc2c(ccn2Cc2cccc(C(=O)O)n2)c1. The first-order valence-electron chi connectivity index (χ1n) is 11.7. The molecule has 188 valence electrons. The molecular formula is C28H23Cl2N3O4. The standard InChI is InChI=1S/C28H23Cl2N3O4/c1-16(2)27-20(26(32-37-27)25-21(29)6-4-7-22(25)30)15-36-19-9-10-24-17(13-19)11-12-33(24)14-18-5-3-8-23(31-18)28(34)35/h3-13,16H,14-15H2,1-2H3,(H,34,35). The molecule has 0 fully saturated rings. The van der Waals surface area contributed by atoms with Crippen molar-refractivity contribution in [3.63, 3.8) is 0 Å². The molecule has 7 nitrogen and oxygen atoms in total. The lowest BCUT2D eigenvalue weighted by molar-refractivity contribution is 0.0690. The van der Waals surface area contributed by atoms with Crippen LogP contribution in [0, 0.1) is 0 Å². The number of ether oxygens (including phenoxy) is 1. The molecule has 0 bridgehead atoms. The molecule has 37 heavy (non-hydrogen) atoms. The van der Waals surface area contributed by atoms with Crippen LogP contribution in [0.2, 0.25) is 10.0 Å². The smallest absolute Gasteiger partial charge is 0.354 e. The molecule has 5 aromatic rings. The summed E-state index contributed by atoms with van der Waals surface area (Å²) in [5.74, 6) is 0.443. The van der Waals surface area contributed by atoms with Crippen LogP contribution in [0.15, 0.2) is 71.4 Å². The maximum atomic E-state index is 11.2. The molecule has 0 radical (unpaired) electrons. The molecule has 9 heteroatoms. The summed E-state index contributed by atoms with van der Waals surface area (Å²) in [5.41, 5.74) is 3.66. The minimum Gasteiger partial charge on any atom is -0.489 e. The number of pyridine rings is 1. The van der Waals surface area contributed by atoms with E-state index in [4.69, 9.17) is 32.5 Å². The van der Waals surface area contributed by atoms with Crippen molar-refractivity contribution in [3.8, 4) is 17.0 Å². The fraction of sp³-hybridized carbons (Fsp3) is 0.179. The van der Waals surface area contributed by atoms with Crippen molar-refractivity contribution in [2.75, 3.05) is 0 Å². The van der Waals surface area contributed by atoms with E-state index in [0.29, 0.717) is 45.1 Å². The molecule has 5 rings (SSSR count). The highest BCUT2D eigenvalue weighted by Gasteiger charge is 2.24. The van der Waals surface area contributed by atoms with Crippen molar-refractivity contribution in [2.24, 2.45) is 0 Å². The molecule has 0 amide bonds. The Hall–Kier alpha value is -3.81. The van der Waals surface area contributed by atoms with Crippen molar-refractivity contribution in [3.05, 3.63) is 99.6 Å². The van der Waals surface area contributed by atoms with Gasteiger partial charge < -0.3 is 18.9 Å². The van der Waals surface area contributed by atoms with Gasteiger partial charge in [0.2, 0.25) is 0 Å². The van der Waals surface area contributed by atoms with Crippen LogP contribution in [0.25, 0.3) is 22.2 Å². The number of rotatable bonds is 8. The molecule has 0 unspecified atom stereocenters. The van der Waals surface area contributed by atoms with Crippen LogP contribution < -0.4 is 4.74 Å². The van der Waals surface area contributed by atoms with Gasteiger partial charge in [-0.2, -0.15) is 0 Å². The normalized spacial score (nSPS) is 11.4. The van der Waals surface area contributed by atoms with Crippen LogP contribution in [-0.4, -0.2) is 25.8 Å². The van der Waals surface area contributed by atoms with Gasteiger partial charge in [0.25, 0.3) is 0 Å². The number of aromatic carboxylic acids is 1. The van der Waals surface area contributed by atoms with Crippen LogP contribution in [0.4, 0.5) is 0 Å². The largest absolute Gasteiger partial charge is 0.489 e. The minimum atomic E-state index is -1.05. The molecular weight excluding hydrogens is 513 g/mol. The third kappa shape index (κ3) is 5.05. The van der Waals surface area contributed by atoms with Gasteiger partial charge in [-0.25, -0.2) is 9.78 Å². The zero-order chi connectivity index (χ0) is 26.1. The Morgan fingerprint density at radius 1 is 1.08 bits per heavy atom. The van der Waals surface area contributed by atoms with Gasteiger partial charge in [0.15, 0.2) is 0 Å². The van der Waals surface area contributed by atoms with Crippen LogP contribution >= 0.6 is 23.2 Å². The average molecular weight is 536 g/mol. The third-order valence-electron chi connectivity index (χ3n) is 6.03. The van der Waals surface area contributed by atoms with Gasteiger partial charge in [0.05, 0.1) is 27.8 Å². The van der Waals surface area contributed by atoms with Crippen LogP contribution in [0.3, 0.4) is 0 Å². The van der Waals surface area contributed by atoms with Gasteiger partial charge in [-0.3, -0.25) is 0 Å². The number of hydrogen-bond acceptors (Lipinski definition) is 5. The van der Waals surface area contributed by atoms with E-state index >= 15 is 0 Å². The van der Waals surface area contributed by atoms with E-state index < -0.39 is 5.97 Å². The summed E-state index contributed by atoms with van der Waals surface area (Å²) in [4.78, 5) is 15.5. The predicted octanol–water partition coefficient (Wildman–Crippen LogP) is 7.45. The average Bonchev–Trinajstić information content (AvgIpc) is 3.47. The lowest BCUT2D eigenvalue weighted by atomic mass is 10.0. The number of carboxylic acids is 1.